The van der Waals surface area contributed by atoms with Crippen LogP contribution in [0.4, 0.5) is 0 Å². The van der Waals surface area contributed by atoms with Crippen LogP contribution in [0.5, 0.6) is 5.75 Å². The third-order valence-corrected chi connectivity index (χ3v) is 7.86. The first-order chi connectivity index (χ1) is 19.1. The summed E-state index contributed by atoms with van der Waals surface area (Å²) in [6.45, 7) is 0.936. The molecule has 1 atom stereocenters. The molecule has 1 fully saturated rings. The van der Waals surface area contributed by atoms with Crippen LogP contribution in [0.15, 0.2) is 108 Å². The largest absolute Gasteiger partial charge is 0.489 e. The van der Waals surface area contributed by atoms with E-state index in [1.165, 1.54) is 0 Å². The molecule has 0 bridgehead atoms. The summed E-state index contributed by atoms with van der Waals surface area (Å²) in [4.78, 5) is 27.0. The Labute approximate surface area is 236 Å². The number of nitrogens with one attached hydrogen (secondary N) is 1. The Bertz CT molecular complexity index is 1460. The Balaban J connectivity index is 1.14. The second-order valence-electron chi connectivity index (χ2n) is 8.94. The van der Waals surface area contributed by atoms with Gasteiger partial charge in [0.25, 0.3) is 5.91 Å². The average Bonchev–Trinajstić information content (AvgIpc) is 3.33. The molecule has 2 amide bonds. The maximum Gasteiger partial charge on any atom is 0.271 e. The van der Waals surface area contributed by atoms with Crippen LogP contribution < -0.4 is 10.2 Å². The second-order valence-corrected chi connectivity index (χ2v) is 10.4. The molecule has 1 aliphatic heterocycles. The number of amides is 2. The van der Waals surface area contributed by atoms with E-state index in [9.17, 15) is 9.59 Å². The standard InChI is InChI=1S/C31H26ClN3O3S/c32-28-9-5-4-8-26(28)20-38-27-16-10-22(11-17-27)18-33-34-30(37)24-12-14-25(15-13-24)31-35(29(36)21-39-31)19-23-6-2-1-3-7-23/h1-18,31H,19-21H2,(H,34,37)/b33-18-/t31-/m1/s1. The predicted molar refractivity (Wildman–Crippen MR) is 156 cm³/mol. The van der Waals surface area contributed by atoms with Gasteiger partial charge in [0, 0.05) is 22.7 Å². The maximum atomic E-state index is 12.6. The number of carbonyl (C=O) groups is 2. The number of carbonyl (C=O) groups excluding carboxylic acids is 2. The van der Waals surface area contributed by atoms with E-state index in [0.717, 1.165) is 22.3 Å². The van der Waals surface area contributed by atoms with Gasteiger partial charge in [0.05, 0.1) is 12.0 Å². The molecule has 1 heterocycles. The molecule has 4 aromatic rings. The predicted octanol–water partition coefficient (Wildman–Crippen LogP) is 6.46. The van der Waals surface area contributed by atoms with Crippen molar-refractivity contribution in [3.8, 4) is 5.75 Å². The van der Waals surface area contributed by atoms with Crippen molar-refractivity contribution in [1.29, 1.82) is 0 Å². The Kier molecular flexibility index (Phi) is 8.61. The summed E-state index contributed by atoms with van der Waals surface area (Å²) in [5.41, 5.74) is 6.86. The van der Waals surface area contributed by atoms with Crippen molar-refractivity contribution in [3.63, 3.8) is 0 Å². The van der Waals surface area contributed by atoms with Gasteiger partial charge in [-0.2, -0.15) is 5.10 Å². The first-order valence-corrected chi connectivity index (χ1v) is 13.8. The number of halogens is 1. The highest BCUT2D eigenvalue weighted by atomic mass is 35.5. The molecule has 0 aliphatic carbocycles. The summed E-state index contributed by atoms with van der Waals surface area (Å²) in [5, 5.41) is 4.67. The van der Waals surface area contributed by atoms with E-state index in [2.05, 4.69) is 10.5 Å². The van der Waals surface area contributed by atoms with Crippen LogP contribution in [-0.2, 0) is 17.9 Å². The smallest absolute Gasteiger partial charge is 0.271 e. The molecule has 6 nitrogen and oxygen atoms in total. The van der Waals surface area contributed by atoms with Crippen molar-refractivity contribution in [1.82, 2.24) is 10.3 Å². The number of hydrogen-bond donors (Lipinski definition) is 1. The quantitative estimate of drug-likeness (QED) is 0.190. The van der Waals surface area contributed by atoms with Crippen molar-refractivity contribution < 1.29 is 14.3 Å². The number of ether oxygens (including phenoxy) is 1. The average molecular weight is 556 g/mol. The number of hydrogen-bond acceptors (Lipinski definition) is 5. The van der Waals surface area contributed by atoms with Gasteiger partial charge in [0.1, 0.15) is 17.7 Å². The van der Waals surface area contributed by atoms with Gasteiger partial charge < -0.3 is 9.64 Å². The lowest BCUT2D eigenvalue weighted by Crippen LogP contribution is -2.27. The monoisotopic (exact) mass is 555 g/mol. The molecule has 196 valence electrons. The highest BCUT2D eigenvalue weighted by molar-refractivity contribution is 8.00. The SMILES string of the molecule is O=C(N/N=C\c1ccc(OCc2ccccc2Cl)cc1)c1ccc([C@H]2SCC(=O)N2Cc2ccccc2)cc1. The minimum absolute atomic E-state index is 0.0792. The zero-order valence-electron chi connectivity index (χ0n) is 21.0. The normalized spacial score (nSPS) is 15.1. The van der Waals surface area contributed by atoms with Gasteiger partial charge in [0.15, 0.2) is 0 Å². The van der Waals surface area contributed by atoms with Crippen molar-refractivity contribution in [2.45, 2.75) is 18.5 Å². The van der Waals surface area contributed by atoms with Gasteiger partial charge in [-0.3, -0.25) is 9.59 Å². The molecule has 1 aliphatic rings. The Hall–Kier alpha value is -4.07. The molecule has 1 saturated heterocycles. The van der Waals surface area contributed by atoms with E-state index in [1.54, 1.807) is 30.1 Å². The molecule has 0 radical (unpaired) electrons. The van der Waals surface area contributed by atoms with Crippen LogP contribution in [0, 0.1) is 0 Å². The Morgan fingerprint density at radius 3 is 2.44 bits per heavy atom. The highest BCUT2D eigenvalue weighted by Crippen LogP contribution is 2.39. The van der Waals surface area contributed by atoms with Crippen LogP contribution in [0.3, 0.4) is 0 Å². The van der Waals surface area contributed by atoms with Crippen molar-refractivity contribution in [3.05, 3.63) is 136 Å². The van der Waals surface area contributed by atoms with Crippen LogP contribution in [-0.4, -0.2) is 28.7 Å². The molecule has 4 aromatic carbocycles. The lowest BCUT2D eigenvalue weighted by Gasteiger charge is -2.24. The van der Waals surface area contributed by atoms with Gasteiger partial charge in [-0.15, -0.1) is 11.8 Å². The number of benzene rings is 4. The molecule has 1 N–H and O–H groups in total. The van der Waals surface area contributed by atoms with Gasteiger partial charge in [0.2, 0.25) is 5.91 Å². The minimum Gasteiger partial charge on any atom is -0.489 e. The van der Waals surface area contributed by atoms with Gasteiger partial charge in [-0.25, -0.2) is 5.43 Å². The van der Waals surface area contributed by atoms with Gasteiger partial charge in [-0.1, -0.05) is 72.3 Å². The van der Waals surface area contributed by atoms with E-state index in [4.69, 9.17) is 16.3 Å². The summed E-state index contributed by atoms with van der Waals surface area (Å²) in [6.07, 6.45) is 1.58. The van der Waals surface area contributed by atoms with Crippen LogP contribution in [0.1, 0.15) is 38.0 Å². The number of thioether (sulfide) groups is 1. The number of nitrogens with zero attached hydrogens (tertiary/aromatic N) is 2. The fraction of sp³-hybridized carbons (Fsp3) is 0.129. The molecule has 5 rings (SSSR count). The topological polar surface area (TPSA) is 71.0 Å². The van der Waals surface area contributed by atoms with E-state index < -0.39 is 0 Å². The molecular formula is C31H26ClN3O3S. The molecule has 0 unspecified atom stereocenters. The minimum atomic E-state index is -0.311. The molecule has 0 saturated carbocycles. The molecular weight excluding hydrogens is 530 g/mol. The maximum absolute atomic E-state index is 12.6. The number of hydrazone groups is 1. The van der Waals surface area contributed by atoms with Gasteiger partial charge >= 0.3 is 0 Å². The van der Waals surface area contributed by atoms with Crippen molar-refractivity contribution in [2.75, 3.05) is 5.75 Å². The highest BCUT2D eigenvalue weighted by Gasteiger charge is 2.32. The van der Waals surface area contributed by atoms with Gasteiger partial charge in [-0.05, 0) is 59.2 Å². The second kappa shape index (κ2) is 12.7. The summed E-state index contributed by atoms with van der Waals surface area (Å²) in [5.74, 6) is 0.961. The zero-order chi connectivity index (χ0) is 27.0. The Morgan fingerprint density at radius 1 is 0.974 bits per heavy atom. The molecule has 39 heavy (non-hydrogen) atoms. The molecule has 8 heteroatoms. The summed E-state index contributed by atoms with van der Waals surface area (Å²) < 4.78 is 5.80. The first kappa shape index (κ1) is 26.5. The van der Waals surface area contributed by atoms with Crippen molar-refractivity contribution in [2.24, 2.45) is 5.10 Å². The fourth-order valence-corrected chi connectivity index (χ4v) is 5.52. The zero-order valence-corrected chi connectivity index (χ0v) is 22.6. The third kappa shape index (κ3) is 6.88. The van der Waals surface area contributed by atoms with E-state index >= 15 is 0 Å². The van der Waals surface area contributed by atoms with E-state index in [0.29, 0.717) is 35.2 Å². The van der Waals surface area contributed by atoms with Crippen molar-refractivity contribution >= 4 is 41.4 Å². The molecule has 0 aromatic heterocycles. The van der Waals surface area contributed by atoms with Crippen LogP contribution in [0.2, 0.25) is 5.02 Å². The summed E-state index contributed by atoms with van der Waals surface area (Å²) in [6, 6.07) is 32.2. The lowest BCUT2D eigenvalue weighted by molar-refractivity contribution is -0.128. The van der Waals surface area contributed by atoms with E-state index in [1.807, 2.05) is 95.9 Å². The lowest BCUT2D eigenvalue weighted by atomic mass is 10.1. The summed E-state index contributed by atoms with van der Waals surface area (Å²) in [7, 11) is 0. The first-order valence-electron chi connectivity index (χ1n) is 12.4. The molecule has 0 spiro atoms. The van der Waals surface area contributed by atoms with Crippen LogP contribution in [0.25, 0.3) is 0 Å². The van der Waals surface area contributed by atoms with Crippen LogP contribution >= 0.6 is 23.4 Å². The third-order valence-electron chi connectivity index (χ3n) is 6.23. The number of rotatable bonds is 9. The fourth-order valence-electron chi connectivity index (χ4n) is 4.14. The summed E-state index contributed by atoms with van der Waals surface area (Å²) >= 11 is 7.77. The Morgan fingerprint density at radius 2 is 1.69 bits per heavy atom. The van der Waals surface area contributed by atoms with E-state index in [-0.39, 0.29) is 17.2 Å².